The van der Waals surface area contributed by atoms with Gasteiger partial charge in [-0.3, -0.25) is 0 Å². The van der Waals surface area contributed by atoms with Gasteiger partial charge in [0.25, 0.3) is 0 Å². The molecule has 1 aliphatic rings. The molecule has 3 nitrogen and oxygen atoms in total. The number of aryl methyl sites for hydroxylation is 1. The van der Waals surface area contributed by atoms with Gasteiger partial charge < -0.3 is 10.1 Å². The van der Waals surface area contributed by atoms with E-state index in [0.717, 1.165) is 35.6 Å². The minimum atomic E-state index is 0.672. The molecule has 1 aliphatic heterocycles. The zero-order chi connectivity index (χ0) is 11.4. The van der Waals surface area contributed by atoms with Gasteiger partial charge in [-0.2, -0.15) is 0 Å². The number of nitrogens with zero attached hydrogens (tertiary/aromatic N) is 1. The van der Waals surface area contributed by atoms with Gasteiger partial charge >= 0.3 is 0 Å². The van der Waals surface area contributed by atoms with Crippen LogP contribution < -0.4 is 10.1 Å². The Kier molecular flexibility index (Phi) is 4.18. The summed E-state index contributed by atoms with van der Waals surface area (Å²) in [7, 11) is 0. The van der Waals surface area contributed by atoms with Crippen LogP contribution in [0.4, 0.5) is 0 Å². The third kappa shape index (κ3) is 3.19. The summed E-state index contributed by atoms with van der Waals surface area (Å²) in [4.78, 5) is 4.28. The molecule has 0 saturated carbocycles. The zero-order valence-corrected chi connectivity index (χ0v) is 11.1. The van der Waals surface area contributed by atoms with Gasteiger partial charge in [-0.15, -0.1) is 0 Å². The number of nitrogens with one attached hydrogen (secondary N) is 1. The zero-order valence-electron chi connectivity index (χ0n) is 9.50. The molecule has 1 fully saturated rings. The Morgan fingerprint density at radius 1 is 1.50 bits per heavy atom. The molecule has 0 radical (unpaired) electrons. The average molecular weight is 285 g/mol. The van der Waals surface area contributed by atoms with Crippen LogP contribution in [0.1, 0.15) is 18.4 Å². The minimum absolute atomic E-state index is 0.672. The Hall–Kier alpha value is -0.610. The highest BCUT2D eigenvalue weighted by molar-refractivity contribution is 9.10. The smallest absolute Gasteiger partial charge is 0.216 e. The molecule has 2 rings (SSSR count). The highest BCUT2D eigenvalue weighted by Crippen LogP contribution is 2.20. The summed E-state index contributed by atoms with van der Waals surface area (Å²) in [5.74, 6) is 1.44. The first kappa shape index (κ1) is 11.9. The first-order valence-corrected chi connectivity index (χ1v) is 6.50. The summed E-state index contributed by atoms with van der Waals surface area (Å²) >= 11 is 3.40. The predicted molar refractivity (Wildman–Crippen MR) is 67.8 cm³/mol. The van der Waals surface area contributed by atoms with Crippen molar-refractivity contribution in [3.63, 3.8) is 0 Å². The van der Waals surface area contributed by atoms with Crippen LogP contribution >= 0.6 is 15.9 Å². The van der Waals surface area contributed by atoms with E-state index in [0.29, 0.717) is 5.92 Å². The molecule has 88 valence electrons. The first-order chi connectivity index (χ1) is 7.75. The molecule has 1 aromatic rings. The molecule has 4 heteroatoms. The van der Waals surface area contributed by atoms with Crippen LogP contribution in [0.15, 0.2) is 16.7 Å². The maximum Gasteiger partial charge on any atom is 0.216 e. The van der Waals surface area contributed by atoms with Crippen molar-refractivity contribution in [2.24, 2.45) is 5.92 Å². The monoisotopic (exact) mass is 284 g/mol. The van der Waals surface area contributed by atoms with Crippen LogP contribution in [0.3, 0.4) is 0 Å². The number of rotatable bonds is 3. The largest absolute Gasteiger partial charge is 0.477 e. The molecule has 0 bridgehead atoms. The van der Waals surface area contributed by atoms with E-state index in [1.165, 1.54) is 12.8 Å². The van der Waals surface area contributed by atoms with Crippen molar-refractivity contribution in [1.82, 2.24) is 10.3 Å². The van der Waals surface area contributed by atoms with E-state index >= 15 is 0 Å². The van der Waals surface area contributed by atoms with E-state index < -0.39 is 0 Å². The van der Waals surface area contributed by atoms with E-state index in [9.17, 15) is 0 Å². The van der Waals surface area contributed by atoms with Crippen LogP contribution in [0.5, 0.6) is 5.88 Å². The van der Waals surface area contributed by atoms with Crippen molar-refractivity contribution < 1.29 is 4.74 Å². The van der Waals surface area contributed by atoms with Gasteiger partial charge in [-0.1, -0.05) is 0 Å². The molecule has 0 spiro atoms. The number of halogens is 1. The van der Waals surface area contributed by atoms with Crippen molar-refractivity contribution >= 4 is 15.9 Å². The Labute approximate surface area is 105 Å². The Bertz CT molecular complexity index is 351. The Balaban J connectivity index is 1.88. The first-order valence-electron chi connectivity index (χ1n) is 5.71. The van der Waals surface area contributed by atoms with Crippen LogP contribution in [-0.2, 0) is 0 Å². The fraction of sp³-hybridized carbons (Fsp3) is 0.583. The normalized spacial score (nSPS) is 17.4. The molecule has 0 unspecified atom stereocenters. The lowest BCUT2D eigenvalue weighted by Gasteiger charge is -2.22. The molecule has 1 N–H and O–H groups in total. The third-order valence-corrected chi connectivity index (χ3v) is 3.35. The molecule has 0 aromatic carbocycles. The average Bonchev–Trinajstić information content (AvgIpc) is 2.29. The maximum absolute atomic E-state index is 5.77. The lowest BCUT2D eigenvalue weighted by molar-refractivity contribution is 0.208. The summed E-state index contributed by atoms with van der Waals surface area (Å²) in [5.41, 5.74) is 1.09. The lowest BCUT2D eigenvalue weighted by Crippen LogP contribution is -2.30. The van der Waals surface area contributed by atoms with Gasteiger partial charge in [0.05, 0.1) is 6.61 Å². The Morgan fingerprint density at radius 2 is 2.25 bits per heavy atom. The van der Waals surface area contributed by atoms with Crippen molar-refractivity contribution in [3.05, 3.63) is 22.3 Å². The standard InChI is InChI=1S/C12H17BrN2O/c1-9-6-11(13)7-15-12(9)16-8-10-2-4-14-5-3-10/h6-7,10,14H,2-5,8H2,1H3. The molecule has 1 saturated heterocycles. The second-order valence-electron chi connectivity index (χ2n) is 4.28. The quantitative estimate of drug-likeness (QED) is 0.926. The van der Waals surface area contributed by atoms with Crippen molar-refractivity contribution in [3.8, 4) is 5.88 Å². The lowest BCUT2D eigenvalue weighted by atomic mass is 9.99. The second kappa shape index (κ2) is 5.64. The highest BCUT2D eigenvalue weighted by atomic mass is 79.9. The molecule has 0 aliphatic carbocycles. The number of pyridine rings is 1. The summed E-state index contributed by atoms with van der Waals surface area (Å²) in [6, 6.07) is 2.03. The van der Waals surface area contributed by atoms with E-state index in [-0.39, 0.29) is 0 Å². The van der Waals surface area contributed by atoms with E-state index in [4.69, 9.17) is 4.74 Å². The number of aromatic nitrogens is 1. The van der Waals surface area contributed by atoms with Crippen LogP contribution in [-0.4, -0.2) is 24.7 Å². The SMILES string of the molecule is Cc1cc(Br)cnc1OCC1CCNCC1. The van der Waals surface area contributed by atoms with Crippen molar-refractivity contribution in [1.29, 1.82) is 0 Å². The van der Waals surface area contributed by atoms with Gasteiger partial charge in [0.2, 0.25) is 5.88 Å². The number of hydrogen-bond donors (Lipinski definition) is 1. The summed E-state index contributed by atoms with van der Waals surface area (Å²) in [5, 5.41) is 3.35. The van der Waals surface area contributed by atoms with Crippen molar-refractivity contribution in [2.45, 2.75) is 19.8 Å². The summed E-state index contributed by atoms with van der Waals surface area (Å²) in [6.45, 7) is 5.04. The number of piperidine rings is 1. The second-order valence-corrected chi connectivity index (χ2v) is 5.20. The van der Waals surface area contributed by atoms with Gasteiger partial charge in [0.15, 0.2) is 0 Å². The molecule has 16 heavy (non-hydrogen) atoms. The number of hydrogen-bond acceptors (Lipinski definition) is 3. The fourth-order valence-corrected chi connectivity index (χ4v) is 2.37. The van der Waals surface area contributed by atoms with E-state index in [1.807, 2.05) is 13.0 Å². The van der Waals surface area contributed by atoms with E-state index in [2.05, 4.69) is 26.2 Å². The van der Waals surface area contributed by atoms with Crippen molar-refractivity contribution in [2.75, 3.05) is 19.7 Å². The van der Waals surface area contributed by atoms with Gasteiger partial charge in [-0.05, 0) is 60.8 Å². The molecule has 0 atom stereocenters. The fourth-order valence-electron chi connectivity index (χ4n) is 1.92. The topological polar surface area (TPSA) is 34.1 Å². The van der Waals surface area contributed by atoms with Gasteiger partial charge in [-0.25, -0.2) is 4.98 Å². The summed E-state index contributed by atoms with van der Waals surface area (Å²) in [6.07, 6.45) is 4.19. The molecule has 2 heterocycles. The van der Waals surface area contributed by atoms with Crippen LogP contribution in [0.2, 0.25) is 0 Å². The Morgan fingerprint density at radius 3 is 2.94 bits per heavy atom. The maximum atomic E-state index is 5.77. The summed E-state index contributed by atoms with van der Waals surface area (Å²) < 4.78 is 6.77. The highest BCUT2D eigenvalue weighted by Gasteiger charge is 2.14. The van der Waals surface area contributed by atoms with E-state index in [1.54, 1.807) is 6.20 Å². The van der Waals surface area contributed by atoms with Crippen LogP contribution in [0.25, 0.3) is 0 Å². The molecular formula is C12H17BrN2O. The van der Waals surface area contributed by atoms with Gasteiger partial charge in [0.1, 0.15) is 0 Å². The predicted octanol–water partition coefficient (Wildman–Crippen LogP) is 2.53. The number of ether oxygens (including phenoxy) is 1. The molecular weight excluding hydrogens is 268 g/mol. The molecule has 1 aromatic heterocycles. The van der Waals surface area contributed by atoms with Crippen LogP contribution in [0, 0.1) is 12.8 Å². The van der Waals surface area contributed by atoms with Gasteiger partial charge in [0, 0.05) is 16.2 Å². The minimum Gasteiger partial charge on any atom is -0.477 e. The molecule has 0 amide bonds. The third-order valence-electron chi connectivity index (χ3n) is 2.91.